The zero-order chi connectivity index (χ0) is 14.5. The van der Waals surface area contributed by atoms with Crippen LogP contribution >= 0.6 is 0 Å². The van der Waals surface area contributed by atoms with Gasteiger partial charge in [0.1, 0.15) is 0 Å². The predicted octanol–water partition coefficient (Wildman–Crippen LogP) is 3.04. The van der Waals surface area contributed by atoms with E-state index in [4.69, 9.17) is 5.11 Å². The van der Waals surface area contributed by atoms with E-state index in [0.29, 0.717) is 0 Å². The molecule has 0 fully saturated rings. The van der Waals surface area contributed by atoms with Crippen molar-refractivity contribution >= 4 is 0 Å². The van der Waals surface area contributed by atoms with Gasteiger partial charge in [-0.25, -0.2) is 0 Å². The molecule has 17 heavy (non-hydrogen) atoms. The third-order valence-electron chi connectivity index (χ3n) is 1.54. The van der Waals surface area contributed by atoms with Crippen molar-refractivity contribution in [3.8, 4) is 0 Å². The van der Waals surface area contributed by atoms with Crippen LogP contribution < -0.4 is 0 Å². The highest BCUT2D eigenvalue weighted by Gasteiger charge is 2.86. The molecule has 0 amide bonds. The molecule has 0 aliphatic heterocycles. The molecule has 0 aromatic rings. The van der Waals surface area contributed by atoms with Gasteiger partial charge in [0.25, 0.3) is 0 Å². The number of halogens is 11. The van der Waals surface area contributed by atoms with Gasteiger partial charge in [-0.2, -0.15) is 48.3 Å². The van der Waals surface area contributed by atoms with Crippen LogP contribution in [0.3, 0.4) is 0 Å². The van der Waals surface area contributed by atoms with Gasteiger partial charge in [-0.05, 0) is 0 Å². The molecular weight excluding hydrogens is 285 g/mol. The lowest BCUT2D eigenvalue weighted by atomic mass is 10.0. The number of aliphatic hydroxyl groups is 1. The standard InChI is InChI=1S/C5HF11O/c6-1(7,4(11,12)13)3(10,17)2(8,9)5(14,15)16/h17H. The molecule has 0 radical (unpaired) electrons. The van der Waals surface area contributed by atoms with E-state index in [9.17, 15) is 48.3 Å². The van der Waals surface area contributed by atoms with Crippen LogP contribution in [0.15, 0.2) is 0 Å². The van der Waals surface area contributed by atoms with Crippen molar-refractivity contribution in [3.05, 3.63) is 0 Å². The molecule has 0 heterocycles. The number of alkyl halides is 11. The van der Waals surface area contributed by atoms with Gasteiger partial charge in [0.2, 0.25) is 0 Å². The first kappa shape index (κ1) is 16.2. The van der Waals surface area contributed by atoms with Crippen molar-refractivity contribution in [3.63, 3.8) is 0 Å². The minimum absolute atomic E-state index is 7.13. The molecule has 0 aliphatic rings. The monoisotopic (exact) mass is 286 g/mol. The molecule has 0 atom stereocenters. The van der Waals surface area contributed by atoms with Gasteiger partial charge in [-0.3, -0.25) is 0 Å². The van der Waals surface area contributed by atoms with Gasteiger partial charge in [0.05, 0.1) is 0 Å². The zero-order valence-corrected chi connectivity index (χ0v) is 7.10. The van der Waals surface area contributed by atoms with Gasteiger partial charge < -0.3 is 5.11 Å². The van der Waals surface area contributed by atoms with Gasteiger partial charge in [0, 0.05) is 0 Å². The Morgan fingerprint density at radius 1 is 0.471 bits per heavy atom. The maximum atomic E-state index is 12.3. The summed E-state index contributed by atoms with van der Waals surface area (Å²) in [6.07, 6.45) is -14.3. The summed E-state index contributed by atoms with van der Waals surface area (Å²) in [5, 5.41) is 7.63. The Kier molecular flexibility index (Phi) is 3.42. The number of rotatable bonds is 2. The van der Waals surface area contributed by atoms with Crippen molar-refractivity contribution in [1.29, 1.82) is 0 Å². The fourth-order valence-electron chi connectivity index (χ4n) is 0.573. The summed E-state index contributed by atoms with van der Waals surface area (Å²) in [5.74, 6) is -21.8. The fourth-order valence-corrected chi connectivity index (χ4v) is 0.573. The Balaban J connectivity index is 5.73. The molecule has 0 saturated heterocycles. The summed E-state index contributed by atoms with van der Waals surface area (Å²) in [6.45, 7) is 0. The van der Waals surface area contributed by atoms with Gasteiger partial charge in [-0.1, -0.05) is 0 Å². The van der Waals surface area contributed by atoms with E-state index in [-0.39, 0.29) is 0 Å². The predicted molar refractivity (Wildman–Crippen MR) is 28.1 cm³/mol. The molecule has 1 nitrogen and oxygen atoms in total. The summed E-state index contributed by atoms with van der Waals surface area (Å²) >= 11 is 0. The maximum absolute atomic E-state index is 12.3. The second-order valence-corrected chi connectivity index (χ2v) is 2.77. The maximum Gasteiger partial charge on any atom is 0.459 e. The van der Waals surface area contributed by atoms with E-state index in [2.05, 4.69) is 0 Å². The highest BCUT2D eigenvalue weighted by molar-refractivity contribution is 5.02. The van der Waals surface area contributed by atoms with Crippen molar-refractivity contribution in [2.75, 3.05) is 0 Å². The van der Waals surface area contributed by atoms with Crippen LogP contribution in [0.4, 0.5) is 48.3 Å². The van der Waals surface area contributed by atoms with E-state index in [0.717, 1.165) is 0 Å². The molecule has 0 unspecified atom stereocenters. The molecule has 0 aromatic carbocycles. The van der Waals surface area contributed by atoms with Crippen molar-refractivity contribution in [1.82, 2.24) is 0 Å². The smallest absolute Gasteiger partial charge is 0.352 e. The largest absolute Gasteiger partial charge is 0.459 e. The van der Waals surface area contributed by atoms with Crippen LogP contribution in [0, 0.1) is 0 Å². The minimum Gasteiger partial charge on any atom is -0.352 e. The van der Waals surface area contributed by atoms with Crippen LogP contribution in [0.25, 0.3) is 0 Å². The highest BCUT2D eigenvalue weighted by atomic mass is 19.4. The van der Waals surface area contributed by atoms with Crippen molar-refractivity contribution < 1.29 is 53.4 Å². The molecule has 0 bridgehead atoms. The van der Waals surface area contributed by atoms with E-state index >= 15 is 0 Å². The zero-order valence-electron chi connectivity index (χ0n) is 7.10. The molecule has 12 heteroatoms. The van der Waals surface area contributed by atoms with E-state index in [1.165, 1.54) is 0 Å². The lowest BCUT2D eigenvalue weighted by molar-refractivity contribution is -0.457. The summed E-state index contributed by atoms with van der Waals surface area (Å²) in [4.78, 5) is 0. The van der Waals surface area contributed by atoms with Gasteiger partial charge in [-0.15, -0.1) is 0 Å². The van der Waals surface area contributed by atoms with Crippen molar-refractivity contribution in [2.45, 2.75) is 30.1 Å². The highest BCUT2D eigenvalue weighted by Crippen LogP contribution is 2.55. The van der Waals surface area contributed by atoms with Gasteiger partial charge >= 0.3 is 30.1 Å². The second kappa shape index (κ2) is 3.59. The third kappa shape index (κ3) is 2.13. The molecule has 0 rings (SSSR count). The van der Waals surface area contributed by atoms with Gasteiger partial charge in [0.15, 0.2) is 0 Å². The molecule has 0 spiro atoms. The first-order chi connectivity index (χ1) is 7.00. The lowest BCUT2D eigenvalue weighted by Gasteiger charge is -2.35. The number of hydrogen-bond acceptors (Lipinski definition) is 1. The van der Waals surface area contributed by atoms with E-state index in [1.807, 2.05) is 0 Å². The average Bonchev–Trinajstić information content (AvgIpc) is 1.98. The Labute approximate surface area is 84.8 Å². The minimum atomic E-state index is -7.31. The SMILES string of the molecule is OC(F)(C(F)(F)C(F)(F)F)C(F)(F)C(F)(F)F. The lowest BCUT2D eigenvalue weighted by Crippen LogP contribution is -2.67. The van der Waals surface area contributed by atoms with Crippen LogP contribution in [0.1, 0.15) is 0 Å². The normalized spacial score (nSPS) is 16.2. The average molecular weight is 286 g/mol. The molecular formula is C5HF11O. The Morgan fingerprint density at radius 3 is 0.765 bits per heavy atom. The number of hydrogen-bond donors (Lipinski definition) is 1. The summed E-state index contributed by atoms with van der Waals surface area (Å²) < 4.78 is 129. The van der Waals surface area contributed by atoms with Crippen LogP contribution in [0.2, 0.25) is 0 Å². The Morgan fingerprint density at radius 2 is 0.647 bits per heavy atom. The third-order valence-corrected chi connectivity index (χ3v) is 1.54. The fraction of sp³-hybridized carbons (Fsp3) is 1.00. The second-order valence-electron chi connectivity index (χ2n) is 2.77. The molecule has 0 aliphatic carbocycles. The Bertz CT molecular complexity index is 255. The molecule has 0 saturated carbocycles. The Hall–Kier alpha value is -0.810. The van der Waals surface area contributed by atoms with E-state index < -0.39 is 30.1 Å². The summed E-state index contributed by atoms with van der Waals surface area (Å²) in [5.41, 5.74) is 0. The molecule has 1 N–H and O–H groups in total. The first-order valence-corrected chi connectivity index (χ1v) is 3.30. The van der Waals surface area contributed by atoms with Crippen LogP contribution in [-0.4, -0.2) is 35.2 Å². The summed E-state index contributed by atoms with van der Waals surface area (Å²) in [6, 6.07) is 0. The summed E-state index contributed by atoms with van der Waals surface area (Å²) in [7, 11) is 0. The molecule has 104 valence electrons. The topological polar surface area (TPSA) is 20.2 Å². The van der Waals surface area contributed by atoms with Crippen molar-refractivity contribution in [2.24, 2.45) is 0 Å². The quantitative estimate of drug-likeness (QED) is 0.774. The first-order valence-electron chi connectivity index (χ1n) is 3.30. The van der Waals surface area contributed by atoms with Crippen LogP contribution in [0.5, 0.6) is 0 Å². The van der Waals surface area contributed by atoms with Crippen LogP contribution in [-0.2, 0) is 0 Å². The van der Waals surface area contributed by atoms with E-state index in [1.54, 1.807) is 0 Å². The molecule has 0 aromatic heterocycles.